The third kappa shape index (κ3) is 3.95. The molecule has 1 aliphatic heterocycles. The van der Waals surface area contributed by atoms with E-state index in [1.807, 2.05) is 12.2 Å². The molecule has 26 heavy (non-hydrogen) atoms. The van der Waals surface area contributed by atoms with E-state index >= 15 is 0 Å². The summed E-state index contributed by atoms with van der Waals surface area (Å²) in [5.41, 5.74) is -0.430. The highest BCUT2D eigenvalue weighted by Crippen LogP contribution is 2.33. The van der Waals surface area contributed by atoms with Crippen LogP contribution in [0.4, 0.5) is 35.0 Å². The van der Waals surface area contributed by atoms with Gasteiger partial charge in [-0.15, -0.1) is 0 Å². The van der Waals surface area contributed by atoms with Gasteiger partial charge in [-0.2, -0.15) is 18.2 Å². The fourth-order valence-corrected chi connectivity index (χ4v) is 2.67. The number of benzene rings is 1. The summed E-state index contributed by atoms with van der Waals surface area (Å²) in [4.78, 5) is 10.5. The molecule has 0 saturated carbocycles. The second kappa shape index (κ2) is 7.31. The van der Waals surface area contributed by atoms with Gasteiger partial charge in [-0.1, -0.05) is 25.5 Å². The van der Waals surface area contributed by atoms with Gasteiger partial charge >= 0.3 is 6.18 Å². The second-order valence-electron chi connectivity index (χ2n) is 5.99. The average Bonchev–Trinajstić information content (AvgIpc) is 2.61. The molecule has 8 heteroatoms. The van der Waals surface area contributed by atoms with Crippen molar-refractivity contribution in [3.05, 3.63) is 47.4 Å². The minimum Gasteiger partial charge on any atom is -0.352 e. The lowest BCUT2D eigenvalue weighted by molar-refractivity contribution is -0.137. The maximum Gasteiger partial charge on any atom is 0.416 e. The second-order valence-corrected chi connectivity index (χ2v) is 5.99. The van der Waals surface area contributed by atoms with Gasteiger partial charge in [0, 0.05) is 24.8 Å². The highest BCUT2D eigenvalue weighted by atomic mass is 19.4. The van der Waals surface area contributed by atoms with Gasteiger partial charge in [0.1, 0.15) is 11.6 Å². The van der Waals surface area contributed by atoms with Gasteiger partial charge < -0.3 is 10.2 Å². The fraction of sp³-hybridized carbons (Fsp3) is 0.333. The van der Waals surface area contributed by atoms with Crippen LogP contribution >= 0.6 is 0 Å². The first-order valence-corrected chi connectivity index (χ1v) is 8.31. The van der Waals surface area contributed by atoms with Crippen LogP contribution in [0.15, 0.2) is 30.5 Å². The molecule has 0 unspecified atom stereocenters. The predicted octanol–water partition coefficient (Wildman–Crippen LogP) is 5.01. The molecule has 1 N–H and O–H groups in total. The first kappa shape index (κ1) is 18.2. The number of unbranched alkanes of at least 4 members (excludes halogenated alkanes) is 1. The van der Waals surface area contributed by atoms with Gasteiger partial charge in [0.15, 0.2) is 0 Å². The van der Waals surface area contributed by atoms with E-state index in [2.05, 4.69) is 27.1 Å². The van der Waals surface area contributed by atoms with Crippen LogP contribution in [0.3, 0.4) is 0 Å². The Morgan fingerprint density at radius 1 is 1.27 bits per heavy atom. The number of anilines is 3. The molecule has 0 spiro atoms. The van der Waals surface area contributed by atoms with Crippen molar-refractivity contribution in [2.75, 3.05) is 23.3 Å². The van der Waals surface area contributed by atoms with Crippen LogP contribution in [0.2, 0.25) is 0 Å². The maximum atomic E-state index is 13.9. The molecule has 1 aromatic carbocycles. The van der Waals surface area contributed by atoms with E-state index < -0.39 is 17.6 Å². The Bertz CT molecular complexity index is 817. The molecule has 0 radical (unpaired) electrons. The van der Waals surface area contributed by atoms with E-state index in [-0.39, 0.29) is 11.6 Å². The van der Waals surface area contributed by atoms with Crippen molar-refractivity contribution < 1.29 is 17.6 Å². The van der Waals surface area contributed by atoms with Gasteiger partial charge in [-0.05, 0) is 24.6 Å². The molecule has 4 nitrogen and oxygen atoms in total. The molecule has 0 saturated heterocycles. The third-order valence-corrected chi connectivity index (χ3v) is 4.04. The van der Waals surface area contributed by atoms with Crippen LogP contribution in [-0.4, -0.2) is 23.1 Å². The fourth-order valence-electron chi connectivity index (χ4n) is 2.67. The number of halogens is 4. The van der Waals surface area contributed by atoms with Gasteiger partial charge in [-0.3, -0.25) is 0 Å². The van der Waals surface area contributed by atoms with E-state index in [1.165, 1.54) is 0 Å². The monoisotopic (exact) mass is 366 g/mol. The zero-order valence-electron chi connectivity index (χ0n) is 14.1. The van der Waals surface area contributed by atoms with Crippen LogP contribution in [0.1, 0.15) is 30.9 Å². The third-order valence-electron chi connectivity index (χ3n) is 4.04. The van der Waals surface area contributed by atoms with Crippen molar-refractivity contribution in [2.24, 2.45) is 0 Å². The smallest absolute Gasteiger partial charge is 0.352 e. The van der Waals surface area contributed by atoms with Crippen LogP contribution in [-0.2, 0) is 6.18 Å². The van der Waals surface area contributed by atoms with Crippen molar-refractivity contribution in [3.8, 4) is 0 Å². The van der Waals surface area contributed by atoms with Crippen LogP contribution < -0.4 is 10.2 Å². The molecule has 3 rings (SSSR count). The Labute approximate surface area is 148 Å². The Morgan fingerprint density at radius 3 is 2.81 bits per heavy atom. The zero-order valence-corrected chi connectivity index (χ0v) is 14.1. The lowest BCUT2D eigenvalue weighted by atomic mass is 10.2. The highest BCUT2D eigenvalue weighted by molar-refractivity contribution is 5.69. The number of alkyl halides is 3. The van der Waals surface area contributed by atoms with Gasteiger partial charge in [0.25, 0.3) is 0 Å². The molecular formula is C18H18F4N4. The molecule has 2 aromatic rings. The Morgan fingerprint density at radius 2 is 2.08 bits per heavy atom. The predicted molar refractivity (Wildman–Crippen MR) is 92.9 cm³/mol. The topological polar surface area (TPSA) is 41.1 Å². The number of rotatable bonds is 5. The van der Waals surface area contributed by atoms with E-state index in [4.69, 9.17) is 0 Å². The minimum atomic E-state index is -4.55. The average molecular weight is 366 g/mol. The lowest BCUT2D eigenvalue weighted by Gasteiger charge is -2.26. The number of fused-ring (bicyclic) bond motifs is 1. The van der Waals surface area contributed by atoms with Crippen molar-refractivity contribution in [1.29, 1.82) is 0 Å². The maximum absolute atomic E-state index is 13.9. The molecule has 138 valence electrons. The van der Waals surface area contributed by atoms with Crippen molar-refractivity contribution in [2.45, 2.75) is 25.9 Å². The quantitative estimate of drug-likeness (QED) is 0.755. The minimum absolute atomic E-state index is 0.0544. The first-order valence-electron chi connectivity index (χ1n) is 8.31. The Balaban J connectivity index is 1.89. The van der Waals surface area contributed by atoms with Crippen molar-refractivity contribution in [3.63, 3.8) is 0 Å². The summed E-state index contributed by atoms with van der Waals surface area (Å²) in [5, 5.41) is 2.56. The van der Waals surface area contributed by atoms with Gasteiger partial charge in [0.05, 0.1) is 11.3 Å². The number of hydrogen-bond acceptors (Lipinski definition) is 4. The normalized spacial score (nSPS) is 13.7. The van der Waals surface area contributed by atoms with Crippen LogP contribution in [0, 0.1) is 5.82 Å². The molecule has 1 aromatic heterocycles. The Hall–Kier alpha value is -2.64. The van der Waals surface area contributed by atoms with E-state index in [0.29, 0.717) is 24.5 Å². The van der Waals surface area contributed by atoms with Gasteiger partial charge in [0.2, 0.25) is 5.95 Å². The number of nitrogens with one attached hydrogen (secondary N) is 1. The lowest BCUT2D eigenvalue weighted by Crippen LogP contribution is -2.28. The summed E-state index contributed by atoms with van der Waals surface area (Å²) < 4.78 is 52.4. The summed E-state index contributed by atoms with van der Waals surface area (Å²) in [6.07, 6.45) is 2.93. The molecule has 0 fully saturated rings. The SMILES string of the molecule is CCCCN1CC=Cc2cnc(Nc3cc(C(F)(F)F)ccc3F)nc21. The summed E-state index contributed by atoms with van der Waals surface area (Å²) in [6, 6.07) is 2.19. The molecular weight excluding hydrogens is 348 g/mol. The van der Waals surface area contributed by atoms with Crippen LogP contribution in [0.5, 0.6) is 0 Å². The number of nitrogens with zero attached hydrogens (tertiary/aromatic N) is 3. The summed E-state index contributed by atoms with van der Waals surface area (Å²) in [5.74, 6) is -0.0633. The molecule has 0 amide bonds. The molecule has 0 bridgehead atoms. The van der Waals surface area contributed by atoms with Crippen molar-refractivity contribution in [1.82, 2.24) is 9.97 Å². The Kier molecular flexibility index (Phi) is 5.11. The molecule has 1 aliphatic rings. The van der Waals surface area contributed by atoms with E-state index in [9.17, 15) is 17.6 Å². The molecule has 0 atom stereocenters. The molecule has 0 aliphatic carbocycles. The highest BCUT2D eigenvalue weighted by Gasteiger charge is 2.31. The van der Waals surface area contributed by atoms with E-state index in [0.717, 1.165) is 31.0 Å². The number of hydrogen-bond donors (Lipinski definition) is 1. The standard InChI is InChI=1S/C18H18F4N4/c1-2-3-8-26-9-4-5-12-11-23-17(25-16(12)26)24-15-10-13(18(20,21)22)6-7-14(15)19/h4-7,10-11H,2-3,8-9H2,1H3,(H,23,24,25). The van der Waals surface area contributed by atoms with Crippen LogP contribution in [0.25, 0.3) is 6.08 Å². The first-order chi connectivity index (χ1) is 12.4. The molecule has 2 heterocycles. The zero-order chi connectivity index (χ0) is 18.7. The summed E-state index contributed by atoms with van der Waals surface area (Å²) in [6.45, 7) is 3.59. The summed E-state index contributed by atoms with van der Waals surface area (Å²) in [7, 11) is 0. The van der Waals surface area contributed by atoms with E-state index in [1.54, 1.807) is 6.20 Å². The largest absolute Gasteiger partial charge is 0.416 e. The summed E-state index contributed by atoms with van der Waals surface area (Å²) >= 11 is 0. The van der Waals surface area contributed by atoms with Crippen molar-refractivity contribution >= 4 is 23.5 Å². The van der Waals surface area contributed by atoms with Gasteiger partial charge in [-0.25, -0.2) is 9.37 Å². The number of aromatic nitrogens is 2.